The zero-order chi connectivity index (χ0) is 87.2. The highest BCUT2D eigenvalue weighted by Gasteiger charge is 2.21. The van der Waals surface area contributed by atoms with Crippen molar-refractivity contribution in [1.82, 2.24) is 25.3 Å². The van der Waals surface area contributed by atoms with E-state index in [2.05, 4.69) is 86.0 Å². The summed E-state index contributed by atoms with van der Waals surface area (Å²) in [5.41, 5.74) is 18.6. The number of nitrogen functional groups attached to an aromatic ring is 1. The largest absolute Gasteiger partial charge is 0.508 e. The number of carbonyl (C=O) groups excluding carboxylic acids is 2. The van der Waals surface area contributed by atoms with Crippen molar-refractivity contribution < 1.29 is 92.7 Å². The summed E-state index contributed by atoms with van der Waals surface area (Å²) in [4.78, 5) is 41.2. The Bertz CT molecular complexity index is 5070. The highest BCUT2D eigenvalue weighted by molar-refractivity contribution is 7.85. The Morgan fingerprint density at radius 3 is 1.27 bits per heavy atom. The second kappa shape index (κ2) is 48.9. The van der Waals surface area contributed by atoms with Gasteiger partial charge in [0.25, 0.3) is 10.1 Å². The lowest BCUT2D eigenvalue weighted by Gasteiger charge is -2.20. The molecule has 0 aliphatic rings. The molecule has 11 aromatic rings. The van der Waals surface area contributed by atoms with Crippen LogP contribution in [0.25, 0.3) is 44.4 Å². The zero-order valence-corrected chi connectivity index (χ0v) is 71.6. The number of benzene rings is 7. The third-order valence-electron chi connectivity index (χ3n) is 17.8. The van der Waals surface area contributed by atoms with Crippen molar-refractivity contribution in [3.63, 3.8) is 0 Å². The molecule has 0 saturated carbocycles. The summed E-state index contributed by atoms with van der Waals surface area (Å²) in [7, 11) is 0.688. The van der Waals surface area contributed by atoms with E-state index in [0.29, 0.717) is 93.0 Å². The number of rotatable bonds is 29. The quantitative estimate of drug-likeness (QED) is 0.0123. The summed E-state index contributed by atoms with van der Waals surface area (Å²) < 4.78 is 109. The molecule has 118 heavy (non-hydrogen) atoms. The number of amides is 2. The Hall–Kier alpha value is -11.4. The molecule has 0 spiro atoms. The lowest BCUT2D eigenvalue weighted by molar-refractivity contribution is -0.119. The average Bonchev–Trinajstić information content (AvgIpc) is 1.68. The standard InChI is InChI=1S/C21H29FN2O4.C16H21FN2O2.C13H19NO3.C13H17NO2.C12H15NO2.C7H9NO2.C7H8O3S/c1-6-7-14(2)19-24-17-9-8-16(10-18(17)27-19)26-13-15(11-22)12-23-20(25)28-21(3,4)5;1-3-4-11(2)16-19-14-6-5-13(7-15(14)21-16)20-10-12(8-17)9-18;1-4-5-9(2)13(16)14-11-7-6-10(17-3)8-12(11)15;1-4-5-9(2)13-14-11-7-6-10(15-3)8-12(11)16-13;1-3-4-8(2)12-13-10-6-5-9(14)7-11(10)15-12;1-10-5-2-3-6(8)7(9)4-5;1-6-2-4-7(5-3-6)11(8,9)10/h8-11,14H,6-7,12-13H2,1-5H3,(H,23,25);5-8,11H,3-4,9-10,18H2,1-2H3;6-9,15H,4-5H2,1-3H3,(H,14,16);6-9H,4-5H2,1-3H3;5-8,14H,3-4H2,1-2H3;2-4,9H,8H2,1H3;2-5H,1H3,(H,8,9,10)/b15-11+;12-8+;;;;;. The number of nitrogens with zero attached hydrogens (tertiary/aromatic N) is 4. The van der Waals surface area contributed by atoms with Crippen LogP contribution in [0.4, 0.5) is 25.0 Å². The first-order valence-corrected chi connectivity index (χ1v) is 40.8. The van der Waals surface area contributed by atoms with Crippen LogP contribution in [-0.4, -0.2) is 113 Å². The van der Waals surface area contributed by atoms with Crippen molar-refractivity contribution >= 4 is 77.9 Å². The molecule has 26 nitrogen and oxygen atoms in total. The van der Waals surface area contributed by atoms with E-state index in [0.717, 1.165) is 121 Å². The fourth-order valence-corrected chi connectivity index (χ4v) is 11.6. The number of hydrogen-bond donors (Lipinski definition) is 8. The van der Waals surface area contributed by atoms with E-state index >= 15 is 0 Å². The number of methoxy groups -OCH3 is 3. The van der Waals surface area contributed by atoms with Gasteiger partial charge in [0.15, 0.2) is 45.9 Å². The number of halogens is 2. The van der Waals surface area contributed by atoms with E-state index < -0.39 is 21.8 Å². The number of anilines is 2. The van der Waals surface area contributed by atoms with Crippen LogP contribution in [0, 0.1) is 12.8 Å². The van der Waals surface area contributed by atoms with Crippen molar-refractivity contribution in [2.24, 2.45) is 11.7 Å². The van der Waals surface area contributed by atoms with Gasteiger partial charge < -0.3 is 83.5 Å². The van der Waals surface area contributed by atoms with Gasteiger partial charge in [-0.3, -0.25) is 9.35 Å². The first-order chi connectivity index (χ1) is 56.1. The fourth-order valence-electron chi connectivity index (χ4n) is 11.1. The monoisotopic (exact) mass is 1660 g/mol. The topological polar surface area (TPSA) is 385 Å². The van der Waals surface area contributed by atoms with Gasteiger partial charge >= 0.3 is 6.09 Å². The molecule has 7 aromatic carbocycles. The van der Waals surface area contributed by atoms with E-state index in [9.17, 15) is 37.0 Å². The maximum atomic E-state index is 13.1. The van der Waals surface area contributed by atoms with E-state index in [1.165, 1.54) is 38.5 Å². The van der Waals surface area contributed by atoms with E-state index in [4.69, 9.17) is 67.2 Å². The molecule has 0 fully saturated rings. The fraction of sp³-hybridized carbons (Fsp3) is 0.416. The Kier molecular flexibility index (Phi) is 40.3. The number of aromatic hydroxyl groups is 3. The van der Waals surface area contributed by atoms with E-state index in [-0.39, 0.29) is 71.8 Å². The van der Waals surface area contributed by atoms with Crippen LogP contribution in [0.5, 0.6) is 46.0 Å². The molecular weight excluding hydrogens is 1540 g/mol. The Morgan fingerprint density at radius 2 is 0.890 bits per heavy atom. The molecule has 10 N–H and O–H groups in total. The number of nitrogens with two attached hydrogens (primary N) is 2. The summed E-state index contributed by atoms with van der Waals surface area (Å²) in [6.07, 6.45) is 10.7. The molecule has 4 heterocycles. The van der Waals surface area contributed by atoms with Gasteiger partial charge in [0.05, 0.1) is 50.3 Å². The lowest BCUT2D eigenvalue weighted by Crippen LogP contribution is -2.34. The number of fused-ring (bicyclic) bond motifs is 4. The molecule has 11 rings (SSSR count). The number of aryl methyl sites for hydroxylation is 1. The first kappa shape index (κ1) is 97.1. The molecule has 642 valence electrons. The molecule has 5 atom stereocenters. The number of ether oxygens (including phenoxy) is 6. The van der Waals surface area contributed by atoms with Crippen LogP contribution >= 0.6 is 0 Å². The summed E-state index contributed by atoms with van der Waals surface area (Å²) in [6.45, 7) is 28.3. The van der Waals surface area contributed by atoms with E-state index in [1.807, 2.05) is 51.1 Å². The van der Waals surface area contributed by atoms with Crippen LogP contribution in [0.3, 0.4) is 0 Å². The van der Waals surface area contributed by atoms with Crippen LogP contribution in [0.2, 0.25) is 0 Å². The molecule has 2 amide bonds. The number of carbonyl (C=O) groups is 2. The SMILES string of the molecule is CCCC(C)C(=O)Nc1ccc(OC)cc1O.CCCC(C)c1nc2ccc(O)cc2o1.CCCC(C)c1nc2ccc(OC)cc2o1.CCCC(C)c1nc2ccc(OC/C(=C/F)CN)cc2o1.CCCC(C)c1nc2ccc(OC/C(=C/F)CNC(=O)OC(C)(C)C)cc2o1.COc1ccc(N)c(O)c1.Cc1ccc(S(=O)(=O)O)cc1. The van der Waals surface area contributed by atoms with Crippen molar-refractivity contribution in [1.29, 1.82) is 0 Å². The van der Waals surface area contributed by atoms with Crippen LogP contribution in [-0.2, 0) is 19.6 Å². The maximum absolute atomic E-state index is 13.1. The molecule has 5 unspecified atom stereocenters. The normalized spacial score (nSPS) is 12.6. The minimum atomic E-state index is -4.02. The molecule has 4 aromatic heterocycles. The smallest absolute Gasteiger partial charge is 0.407 e. The van der Waals surface area contributed by atoms with Crippen LogP contribution in [0.15, 0.2) is 180 Å². The Balaban J connectivity index is 0.000000251. The summed E-state index contributed by atoms with van der Waals surface area (Å²) in [5, 5.41) is 33.2. The molecule has 0 aliphatic carbocycles. The van der Waals surface area contributed by atoms with Crippen molar-refractivity contribution in [3.05, 3.63) is 186 Å². The third kappa shape index (κ3) is 32.6. The predicted octanol–water partition coefficient (Wildman–Crippen LogP) is 21.6. The van der Waals surface area contributed by atoms with Crippen LogP contribution < -0.4 is 45.8 Å². The highest BCUT2D eigenvalue weighted by Crippen LogP contribution is 2.34. The van der Waals surface area contributed by atoms with Gasteiger partial charge in [-0.05, 0) is 145 Å². The highest BCUT2D eigenvalue weighted by atomic mass is 32.2. The van der Waals surface area contributed by atoms with E-state index in [1.54, 1.807) is 107 Å². The van der Waals surface area contributed by atoms with Crippen molar-refractivity contribution in [2.75, 3.05) is 58.7 Å². The van der Waals surface area contributed by atoms with Crippen LogP contribution in [0.1, 0.15) is 207 Å². The van der Waals surface area contributed by atoms with Crippen molar-refractivity contribution in [2.45, 2.75) is 195 Å². The molecule has 0 saturated heterocycles. The zero-order valence-electron chi connectivity index (χ0n) is 70.8. The van der Waals surface area contributed by atoms with Gasteiger partial charge in [0, 0.05) is 90.2 Å². The number of hydrogen-bond acceptors (Lipinski definition) is 23. The summed E-state index contributed by atoms with van der Waals surface area (Å²) in [6, 6.07) is 37.0. The first-order valence-electron chi connectivity index (χ1n) is 39.3. The minimum absolute atomic E-state index is 0.00531. The number of alkyl carbamates (subject to hydrolysis) is 1. The molecule has 0 radical (unpaired) electrons. The minimum Gasteiger partial charge on any atom is -0.508 e. The summed E-state index contributed by atoms with van der Waals surface area (Å²) >= 11 is 0. The number of nitrogens with one attached hydrogen (secondary N) is 2. The van der Waals surface area contributed by atoms with Gasteiger partial charge in [0.1, 0.15) is 86.9 Å². The predicted molar refractivity (Wildman–Crippen MR) is 458 cm³/mol. The van der Waals surface area contributed by atoms with Gasteiger partial charge in [0.2, 0.25) is 5.91 Å². The molecule has 0 aliphatic heterocycles. The van der Waals surface area contributed by atoms with Gasteiger partial charge in [-0.2, -0.15) is 8.42 Å². The second-order valence-electron chi connectivity index (χ2n) is 29.2. The maximum Gasteiger partial charge on any atom is 0.407 e. The average molecular weight is 1660 g/mol. The van der Waals surface area contributed by atoms with Gasteiger partial charge in [-0.15, -0.1) is 0 Å². The third-order valence-corrected chi connectivity index (χ3v) is 18.7. The number of aromatic nitrogens is 4. The molecular formula is C89H118F2N8O18S. The number of oxazole rings is 4. The molecule has 29 heteroatoms. The number of phenolic OH excluding ortho intramolecular Hbond substituents is 3. The lowest BCUT2D eigenvalue weighted by atomic mass is 10.1. The van der Waals surface area contributed by atoms with Gasteiger partial charge in [-0.25, -0.2) is 33.5 Å². The Morgan fingerprint density at radius 1 is 0.517 bits per heavy atom. The summed E-state index contributed by atoms with van der Waals surface area (Å²) in [5.74, 6) is 7.57. The van der Waals surface area contributed by atoms with Crippen molar-refractivity contribution in [3.8, 4) is 46.0 Å². The Labute approximate surface area is 690 Å². The second-order valence-corrected chi connectivity index (χ2v) is 30.6. The number of phenols is 3. The van der Waals surface area contributed by atoms with Gasteiger partial charge in [-0.1, -0.05) is 119 Å². The molecule has 0 bridgehead atoms.